The van der Waals surface area contributed by atoms with Crippen molar-refractivity contribution in [1.82, 2.24) is 5.32 Å². The molecule has 36 heavy (non-hydrogen) atoms. The molecule has 0 bridgehead atoms. The average Bonchev–Trinajstić information content (AvgIpc) is 2.88. The van der Waals surface area contributed by atoms with Crippen LogP contribution in [-0.4, -0.2) is 55.6 Å². The van der Waals surface area contributed by atoms with Gasteiger partial charge in [-0.25, -0.2) is 0 Å². The van der Waals surface area contributed by atoms with Crippen molar-refractivity contribution in [3.8, 4) is 5.75 Å². The Balaban J connectivity index is 1.50. The first-order valence-electron chi connectivity index (χ1n) is 13.7. The predicted octanol–water partition coefficient (Wildman–Crippen LogP) is 6.04. The highest BCUT2D eigenvalue weighted by Crippen LogP contribution is 2.21. The molecule has 2 N–H and O–H groups in total. The molecule has 0 aromatic heterocycles. The highest BCUT2D eigenvalue weighted by molar-refractivity contribution is 6.06. The van der Waals surface area contributed by atoms with E-state index in [1.807, 2.05) is 18.2 Å². The maximum Gasteiger partial charge on any atom is 0.259 e. The number of para-hydroxylation sites is 1. The number of nitrogens with one attached hydrogen (secondary N) is 2. The third-order valence-electron chi connectivity index (χ3n) is 7.18. The van der Waals surface area contributed by atoms with Gasteiger partial charge in [-0.3, -0.25) is 9.59 Å². The van der Waals surface area contributed by atoms with Gasteiger partial charge < -0.3 is 19.9 Å². The summed E-state index contributed by atoms with van der Waals surface area (Å²) in [6.07, 6.45) is 9.01. The molecule has 196 valence electrons. The summed E-state index contributed by atoms with van der Waals surface area (Å²) in [5.74, 6) is 0.328. The number of hydrogen-bond donors (Lipinski definition) is 2. The largest absolute Gasteiger partial charge is 0.493 e. The number of carbonyl (C=O) groups is 2. The van der Waals surface area contributed by atoms with Gasteiger partial charge in [0.05, 0.1) is 38.9 Å². The maximum absolute atomic E-state index is 12.9. The third kappa shape index (κ3) is 8.37. The minimum Gasteiger partial charge on any atom is -0.493 e. The molecule has 6 nitrogen and oxygen atoms in total. The van der Waals surface area contributed by atoms with Crippen LogP contribution in [0, 0.1) is 0 Å². The SMILES string of the molecule is CCCCCCCOc1ccccc1C(=O)Nc1ccc(C(=O)NC2CC[N+](C)(CCC)CC2)cc1. The van der Waals surface area contributed by atoms with Crippen molar-refractivity contribution in [2.75, 3.05) is 38.6 Å². The predicted molar refractivity (Wildman–Crippen MR) is 147 cm³/mol. The second-order valence-electron chi connectivity index (χ2n) is 10.3. The van der Waals surface area contributed by atoms with E-state index in [0.29, 0.717) is 29.2 Å². The lowest BCUT2D eigenvalue weighted by atomic mass is 10.0. The van der Waals surface area contributed by atoms with E-state index in [-0.39, 0.29) is 17.9 Å². The van der Waals surface area contributed by atoms with Crippen molar-refractivity contribution in [1.29, 1.82) is 0 Å². The van der Waals surface area contributed by atoms with Crippen LogP contribution in [0.15, 0.2) is 48.5 Å². The van der Waals surface area contributed by atoms with Crippen LogP contribution in [0.1, 0.15) is 85.9 Å². The number of quaternary nitrogens is 1. The van der Waals surface area contributed by atoms with Crippen LogP contribution in [0.4, 0.5) is 5.69 Å². The number of rotatable bonds is 13. The Morgan fingerprint density at radius 1 is 0.889 bits per heavy atom. The van der Waals surface area contributed by atoms with Crippen LogP contribution in [0.2, 0.25) is 0 Å². The topological polar surface area (TPSA) is 67.4 Å². The third-order valence-corrected chi connectivity index (χ3v) is 7.18. The Labute approximate surface area is 217 Å². The van der Waals surface area contributed by atoms with Crippen LogP contribution in [0.3, 0.4) is 0 Å². The molecule has 1 aliphatic rings. The number of likely N-dealkylation sites (tertiary alicyclic amines) is 1. The molecule has 2 aromatic rings. The van der Waals surface area contributed by atoms with Gasteiger partial charge in [0.1, 0.15) is 5.75 Å². The minimum absolute atomic E-state index is 0.0536. The van der Waals surface area contributed by atoms with Crippen molar-refractivity contribution in [3.63, 3.8) is 0 Å². The van der Waals surface area contributed by atoms with Gasteiger partial charge in [-0.2, -0.15) is 0 Å². The van der Waals surface area contributed by atoms with Crippen LogP contribution < -0.4 is 15.4 Å². The molecular formula is C30H44N3O3+. The summed E-state index contributed by atoms with van der Waals surface area (Å²) in [6.45, 7) is 8.44. The summed E-state index contributed by atoms with van der Waals surface area (Å²) >= 11 is 0. The van der Waals surface area contributed by atoms with Gasteiger partial charge >= 0.3 is 0 Å². The molecule has 0 unspecified atom stereocenters. The molecule has 0 atom stereocenters. The summed E-state index contributed by atoms with van der Waals surface area (Å²) in [5.41, 5.74) is 1.77. The van der Waals surface area contributed by atoms with Gasteiger partial charge in [-0.1, -0.05) is 51.7 Å². The highest BCUT2D eigenvalue weighted by Gasteiger charge is 2.30. The quantitative estimate of drug-likeness (QED) is 0.264. The van der Waals surface area contributed by atoms with Gasteiger partial charge in [0.25, 0.3) is 11.8 Å². The number of unbranched alkanes of at least 4 members (excludes halogenated alkanes) is 4. The van der Waals surface area contributed by atoms with Crippen molar-refractivity contribution < 1.29 is 18.8 Å². The second kappa shape index (κ2) is 14.0. The first-order valence-corrected chi connectivity index (χ1v) is 13.7. The molecule has 0 radical (unpaired) electrons. The lowest BCUT2D eigenvalue weighted by Gasteiger charge is -2.40. The Morgan fingerprint density at radius 2 is 1.58 bits per heavy atom. The maximum atomic E-state index is 12.9. The number of carbonyl (C=O) groups excluding carboxylic acids is 2. The van der Waals surface area contributed by atoms with E-state index in [9.17, 15) is 9.59 Å². The number of anilines is 1. The molecule has 1 heterocycles. The Kier molecular flexibility index (Phi) is 10.8. The van der Waals surface area contributed by atoms with Crippen LogP contribution in [-0.2, 0) is 0 Å². The van der Waals surface area contributed by atoms with E-state index >= 15 is 0 Å². The number of piperidine rings is 1. The first-order chi connectivity index (χ1) is 17.4. The van der Waals surface area contributed by atoms with Gasteiger partial charge in [-0.15, -0.1) is 0 Å². The van der Waals surface area contributed by atoms with E-state index in [2.05, 4.69) is 31.5 Å². The summed E-state index contributed by atoms with van der Waals surface area (Å²) in [4.78, 5) is 25.7. The van der Waals surface area contributed by atoms with Crippen LogP contribution in [0.5, 0.6) is 5.75 Å². The molecule has 0 aliphatic carbocycles. The number of hydrogen-bond acceptors (Lipinski definition) is 3. The van der Waals surface area contributed by atoms with Crippen molar-refractivity contribution >= 4 is 17.5 Å². The van der Waals surface area contributed by atoms with Gasteiger partial charge in [0, 0.05) is 30.1 Å². The Bertz CT molecular complexity index is 966. The Morgan fingerprint density at radius 3 is 2.28 bits per heavy atom. The number of nitrogens with zero attached hydrogens (tertiary/aromatic N) is 1. The molecule has 1 saturated heterocycles. The molecule has 6 heteroatoms. The number of benzene rings is 2. The molecule has 1 fully saturated rings. The van der Waals surface area contributed by atoms with E-state index < -0.39 is 0 Å². The fourth-order valence-electron chi connectivity index (χ4n) is 4.94. The summed E-state index contributed by atoms with van der Waals surface area (Å²) in [5, 5.41) is 6.12. The fourth-order valence-corrected chi connectivity index (χ4v) is 4.94. The normalized spacial score (nSPS) is 19.5. The van der Waals surface area contributed by atoms with Gasteiger partial charge in [0.15, 0.2) is 0 Å². The van der Waals surface area contributed by atoms with Crippen molar-refractivity contribution in [2.45, 2.75) is 71.3 Å². The van der Waals surface area contributed by atoms with E-state index in [1.165, 1.54) is 32.2 Å². The number of amides is 2. The zero-order chi connectivity index (χ0) is 25.8. The smallest absolute Gasteiger partial charge is 0.259 e. The molecule has 2 aromatic carbocycles. The van der Waals surface area contributed by atoms with Crippen molar-refractivity contribution in [2.24, 2.45) is 0 Å². The first kappa shape index (κ1) is 27.7. The summed E-state index contributed by atoms with van der Waals surface area (Å²) in [6, 6.07) is 14.6. The van der Waals surface area contributed by atoms with E-state index in [4.69, 9.17) is 4.74 Å². The zero-order valence-electron chi connectivity index (χ0n) is 22.4. The van der Waals surface area contributed by atoms with Gasteiger partial charge in [-0.05, 0) is 49.2 Å². The molecule has 2 amide bonds. The summed E-state index contributed by atoms with van der Waals surface area (Å²) < 4.78 is 7.01. The highest BCUT2D eigenvalue weighted by atomic mass is 16.5. The lowest BCUT2D eigenvalue weighted by molar-refractivity contribution is -0.914. The minimum atomic E-state index is -0.218. The van der Waals surface area contributed by atoms with E-state index in [1.54, 1.807) is 30.3 Å². The average molecular weight is 495 g/mol. The molecule has 0 spiro atoms. The van der Waals surface area contributed by atoms with Crippen LogP contribution in [0.25, 0.3) is 0 Å². The van der Waals surface area contributed by atoms with E-state index in [0.717, 1.165) is 43.3 Å². The monoisotopic (exact) mass is 494 g/mol. The summed E-state index contributed by atoms with van der Waals surface area (Å²) in [7, 11) is 2.31. The fraction of sp³-hybridized carbons (Fsp3) is 0.533. The second-order valence-corrected chi connectivity index (χ2v) is 10.3. The van der Waals surface area contributed by atoms with Crippen LogP contribution >= 0.6 is 0 Å². The molecule has 1 aliphatic heterocycles. The van der Waals surface area contributed by atoms with Gasteiger partial charge in [0.2, 0.25) is 0 Å². The Hall–Kier alpha value is -2.86. The van der Waals surface area contributed by atoms with Crippen molar-refractivity contribution in [3.05, 3.63) is 59.7 Å². The standard InChI is InChI=1S/C30H43N3O3/c1-4-6-7-8-11-23-36-28-13-10-9-12-27(28)30(35)32-25-16-14-24(15-17-25)29(34)31-26-18-21-33(3,20-5-2)22-19-26/h9-10,12-17,26H,4-8,11,18-23H2,1-3H3,(H-,31,32,34,35)/p+1. The lowest BCUT2D eigenvalue weighted by Crippen LogP contribution is -2.54. The zero-order valence-corrected chi connectivity index (χ0v) is 22.4. The molecule has 3 rings (SSSR count). The molecular weight excluding hydrogens is 450 g/mol. The number of ether oxygens (including phenoxy) is 1. The molecule has 0 saturated carbocycles.